The van der Waals surface area contributed by atoms with Crippen molar-refractivity contribution in [3.8, 4) is 0 Å². The monoisotopic (exact) mass is 344 g/mol. The van der Waals surface area contributed by atoms with E-state index in [1.165, 1.54) is 25.4 Å². The van der Waals surface area contributed by atoms with Gasteiger partial charge in [0.15, 0.2) is 0 Å². The van der Waals surface area contributed by atoms with E-state index in [-0.39, 0.29) is 12.3 Å². The number of nitro benzene ring substituents is 1. The summed E-state index contributed by atoms with van der Waals surface area (Å²) in [5.41, 5.74) is 1.72. The SMILES string of the molecule is COC(=O)C1=C(C)Nc2ncc(CO)n2C1c1cccc([N+](=O)[O-])c1. The number of allylic oxidation sites excluding steroid dienone is 1. The fourth-order valence-corrected chi connectivity index (χ4v) is 2.96. The van der Waals surface area contributed by atoms with Crippen molar-refractivity contribution in [3.63, 3.8) is 0 Å². The summed E-state index contributed by atoms with van der Waals surface area (Å²) in [5.74, 6) is -0.129. The lowest BCUT2D eigenvalue weighted by Crippen LogP contribution is -2.29. The highest BCUT2D eigenvalue weighted by Gasteiger charge is 2.35. The van der Waals surface area contributed by atoms with E-state index in [1.54, 1.807) is 23.6 Å². The molecule has 0 spiro atoms. The zero-order valence-corrected chi connectivity index (χ0v) is 13.6. The Labute approximate surface area is 142 Å². The number of anilines is 1. The van der Waals surface area contributed by atoms with Crippen molar-refractivity contribution < 1.29 is 19.6 Å². The molecule has 130 valence electrons. The summed E-state index contributed by atoms with van der Waals surface area (Å²) in [6.45, 7) is 1.40. The number of aliphatic hydroxyl groups is 1. The number of fused-ring (bicyclic) bond motifs is 1. The lowest BCUT2D eigenvalue weighted by Gasteiger charge is -2.30. The summed E-state index contributed by atoms with van der Waals surface area (Å²) in [5, 5.41) is 23.7. The molecule has 0 fully saturated rings. The van der Waals surface area contributed by atoms with E-state index in [2.05, 4.69) is 10.3 Å². The van der Waals surface area contributed by atoms with Crippen molar-refractivity contribution in [1.29, 1.82) is 0 Å². The maximum absolute atomic E-state index is 12.4. The Balaban J connectivity index is 2.25. The predicted octanol–water partition coefficient (Wildman–Crippen LogP) is 1.75. The third-order valence-electron chi connectivity index (χ3n) is 4.07. The molecule has 0 radical (unpaired) electrons. The molecule has 1 aromatic heterocycles. The lowest BCUT2D eigenvalue weighted by molar-refractivity contribution is -0.384. The average molecular weight is 344 g/mol. The van der Waals surface area contributed by atoms with Crippen LogP contribution < -0.4 is 5.32 Å². The molecule has 25 heavy (non-hydrogen) atoms. The molecule has 1 aliphatic heterocycles. The quantitative estimate of drug-likeness (QED) is 0.492. The van der Waals surface area contributed by atoms with Crippen LogP contribution in [0.1, 0.15) is 24.2 Å². The van der Waals surface area contributed by atoms with Crippen molar-refractivity contribution in [2.24, 2.45) is 0 Å². The predicted molar refractivity (Wildman–Crippen MR) is 87.7 cm³/mol. The summed E-state index contributed by atoms with van der Waals surface area (Å²) < 4.78 is 6.52. The van der Waals surface area contributed by atoms with Crippen molar-refractivity contribution in [3.05, 3.63) is 63.1 Å². The van der Waals surface area contributed by atoms with Crippen LogP contribution in [0.3, 0.4) is 0 Å². The van der Waals surface area contributed by atoms with Gasteiger partial charge in [-0.1, -0.05) is 12.1 Å². The van der Waals surface area contributed by atoms with Crippen LogP contribution in [0, 0.1) is 10.1 Å². The van der Waals surface area contributed by atoms with Gasteiger partial charge in [0.05, 0.1) is 42.1 Å². The lowest BCUT2D eigenvalue weighted by atomic mass is 9.94. The molecular weight excluding hydrogens is 328 g/mol. The molecule has 1 atom stereocenters. The van der Waals surface area contributed by atoms with E-state index in [9.17, 15) is 20.0 Å². The second kappa shape index (κ2) is 6.36. The minimum absolute atomic E-state index is 0.0925. The molecule has 0 saturated carbocycles. The van der Waals surface area contributed by atoms with Crippen LogP contribution in [0.5, 0.6) is 0 Å². The molecular formula is C16H16N4O5. The third kappa shape index (κ3) is 2.74. The van der Waals surface area contributed by atoms with Gasteiger partial charge in [-0.3, -0.25) is 10.1 Å². The molecule has 0 aliphatic carbocycles. The van der Waals surface area contributed by atoms with Crippen LogP contribution in [0.4, 0.5) is 11.6 Å². The largest absolute Gasteiger partial charge is 0.466 e. The van der Waals surface area contributed by atoms with Gasteiger partial charge in [0, 0.05) is 17.8 Å². The minimum atomic E-state index is -0.701. The number of benzene rings is 1. The van der Waals surface area contributed by atoms with Gasteiger partial charge in [0.1, 0.15) is 0 Å². The van der Waals surface area contributed by atoms with E-state index in [4.69, 9.17) is 4.74 Å². The molecule has 3 rings (SSSR count). The van der Waals surface area contributed by atoms with E-state index >= 15 is 0 Å². The first kappa shape index (κ1) is 16.7. The van der Waals surface area contributed by atoms with Crippen LogP contribution in [-0.4, -0.2) is 32.7 Å². The van der Waals surface area contributed by atoms with E-state index < -0.39 is 16.9 Å². The van der Waals surface area contributed by atoms with E-state index in [0.717, 1.165) is 0 Å². The first-order valence-corrected chi connectivity index (χ1v) is 7.45. The highest BCUT2D eigenvalue weighted by atomic mass is 16.6. The number of ether oxygens (including phenoxy) is 1. The summed E-state index contributed by atoms with van der Waals surface area (Å²) in [6.07, 6.45) is 1.49. The number of methoxy groups -OCH3 is 1. The topological polar surface area (TPSA) is 120 Å². The Morgan fingerprint density at radius 1 is 1.52 bits per heavy atom. The first-order valence-electron chi connectivity index (χ1n) is 7.45. The normalized spacial score (nSPS) is 16.2. The van der Waals surface area contributed by atoms with Gasteiger partial charge < -0.3 is 19.7 Å². The minimum Gasteiger partial charge on any atom is -0.466 e. The standard InChI is InChI=1S/C16H16N4O5/c1-9-13(15(22)25-2)14(10-4-3-5-11(6-10)20(23)24)19-12(8-21)7-17-16(19)18-9/h3-7,14,21H,8H2,1-2H3,(H,17,18). The van der Waals surface area contributed by atoms with Crippen LogP contribution in [0.25, 0.3) is 0 Å². The van der Waals surface area contributed by atoms with Crippen LogP contribution in [-0.2, 0) is 16.1 Å². The molecule has 9 heteroatoms. The maximum Gasteiger partial charge on any atom is 0.337 e. The number of aromatic nitrogens is 2. The van der Waals surface area contributed by atoms with Crippen molar-refractivity contribution in [2.75, 3.05) is 12.4 Å². The van der Waals surface area contributed by atoms with Crippen LogP contribution in [0.2, 0.25) is 0 Å². The van der Waals surface area contributed by atoms with Gasteiger partial charge in [-0.05, 0) is 12.5 Å². The molecule has 1 aromatic carbocycles. The molecule has 0 bridgehead atoms. The van der Waals surface area contributed by atoms with Gasteiger partial charge in [0.25, 0.3) is 5.69 Å². The number of nitrogens with zero attached hydrogens (tertiary/aromatic N) is 3. The number of rotatable bonds is 4. The number of imidazole rings is 1. The molecule has 2 aromatic rings. The van der Waals surface area contributed by atoms with Crippen molar-refractivity contribution in [2.45, 2.75) is 19.6 Å². The number of non-ortho nitro benzene ring substituents is 1. The molecule has 2 heterocycles. The third-order valence-corrected chi connectivity index (χ3v) is 4.07. The van der Waals surface area contributed by atoms with Gasteiger partial charge in [-0.25, -0.2) is 9.78 Å². The number of carbonyl (C=O) groups is 1. The number of nitrogens with one attached hydrogen (secondary N) is 1. The first-order chi connectivity index (χ1) is 12.0. The highest BCUT2D eigenvalue weighted by Crippen LogP contribution is 2.38. The number of aliphatic hydroxyl groups excluding tert-OH is 1. The highest BCUT2D eigenvalue weighted by molar-refractivity contribution is 5.92. The average Bonchev–Trinajstić information content (AvgIpc) is 3.02. The Morgan fingerprint density at radius 3 is 2.92 bits per heavy atom. The molecule has 1 aliphatic rings. The van der Waals surface area contributed by atoms with E-state index in [0.29, 0.717) is 28.5 Å². The molecule has 0 saturated heterocycles. The van der Waals surface area contributed by atoms with Crippen molar-refractivity contribution in [1.82, 2.24) is 9.55 Å². The van der Waals surface area contributed by atoms with Gasteiger partial charge >= 0.3 is 5.97 Å². The Bertz CT molecular complexity index is 886. The summed E-state index contributed by atoms with van der Waals surface area (Å²) in [7, 11) is 1.27. The maximum atomic E-state index is 12.4. The number of nitro groups is 1. The molecule has 0 amide bonds. The van der Waals surface area contributed by atoms with E-state index in [1.807, 2.05) is 0 Å². The fraction of sp³-hybridized carbons (Fsp3) is 0.250. The van der Waals surface area contributed by atoms with Crippen LogP contribution in [0.15, 0.2) is 41.7 Å². The zero-order valence-electron chi connectivity index (χ0n) is 13.6. The second-order valence-corrected chi connectivity index (χ2v) is 5.51. The Kier molecular flexibility index (Phi) is 4.24. The summed E-state index contributed by atoms with van der Waals surface area (Å²) in [4.78, 5) is 27.2. The van der Waals surface area contributed by atoms with Gasteiger partial charge in [-0.2, -0.15) is 0 Å². The Morgan fingerprint density at radius 2 is 2.28 bits per heavy atom. The molecule has 2 N–H and O–H groups in total. The number of carbonyl (C=O) groups excluding carboxylic acids is 1. The van der Waals surface area contributed by atoms with Crippen molar-refractivity contribution >= 4 is 17.6 Å². The second-order valence-electron chi connectivity index (χ2n) is 5.51. The Hall–Kier alpha value is -3.20. The van der Waals surface area contributed by atoms with Gasteiger partial charge in [0.2, 0.25) is 5.95 Å². The summed E-state index contributed by atoms with van der Waals surface area (Å²) >= 11 is 0. The molecule has 1 unspecified atom stereocenters. The molecule has 9 nitrogen and oxygen atoms in total. The smallest absolute Gasteiger partial charge is 0.337 e. The number of hydrogen-bond donors (Lipinski definition) is 2. The summed E-state index contributed by atoms with van der Waals surface area (Å²) in [6, 6.07) is 5.31. The van der Waals surface area contributed by atoms with Gasteiger partial charge in [-0.15, -0.1) is 0 Å². The number of esters is 1. The van der Waals surface area contributed by atoms with Crippen LogP contribution >= 0.6 is 0 Å². The zero-order chi connectivity index (χ0) is 18.1. The fourth-order valence-electron chi connectivity index (χ4n) is 2.96. The number of hydrogen-bond acceptors (Lipinski definition) is 7.